The number of nitrogens with two attached hydrogens (primary N) is 1. The molecule has 100 valence electrons. The zero-order valence-corrected chi connectivity index (χ0v) is 10.6. The van der Waals surface area contributed by atoms with Crippen LogP contribution in [-0.4, -0.2) is 38.3 Å². The van der Waals surface area contributed by atoms with Gasteiger partial charge in [0.25, 0.3) is 0 Å². The van der Waals surface area contributed by atoms with Crippen LogP contribution in [0.2, 0.25) is 0 Å². The first-order valence-electron chi connectivity index (χ1n) is 5.54. The van der Waals surface area contributed by atoms with Crippen molar-refractivity contribution in [2.24, 2.45) is 7.05 Å². The van der Waals surface area contributed by atoms with Crippen LogP contribution in [0.15, 0.2) is 18.2 Å². The number of nitrogens with zero attached hydrogens (tertiary/aromatic N) is 5. The molecule has 0 fully saturated rings. The molecule has 1 aromatic carbocycles. The zero-order chi connectivity index (χ0) is 14.0. The second-order valence-electron chi connectivity index (χ2n) is 4.13. The van der Waals surface area contributed by atoms with Gasteiger partial charge in [0.2, 0.25) is 0 Å². The van der Waals surface area contributed by atoms with Crippen LogP contribution in [0.4, 0.5) is 11.4 Å². The van der Waals surface area contributed by atoms with Gasteiger partial charge >= 0.3 is 5.97 Å². The third-order valence-electron chi connectivity index (χ3n) is 2.59. The predicted molar refractivity (Wildman–Crippen MR) is 68.7 cm³/mol. The largest absolute Gasteiger partial charge is 0.478 e. The number of carbonyl (C=O) groups is 1. The van der Waals surface area contributed by atoms with E-state index in [0.717, 1.165) is 0 Å². The van der Waals surface area contributed by atoms with Crippen LogP contribution >= 0.6 is 0 Å². The maximum atomic E-state index is 11.2. The molecule has 1 heterocycles. The third-order valence-corrected chi connectivity index (χ3v) is 2.59. The Morgan fingerprint density at radius 2 is 2.26 bits per heavy atom. The minimum absolute atomic E-state index is 0.145. The molecule has 0 bridgehead atoms. The van der Waals surface area contributed by atoms with Crippen LogP contribution in [0.1, 0.15) is 16.2 Å². The van der Waals surface area contributed by atoms with E-state index in [0.29, 0.717) is 23.7 Å². The summed E-state index contributed by atoms with van der Waals surface area (Å²) in [5.41, 5.74) is 6.71. The number of carboxylic acids is 1. The lowest BCUT2D eigenvalue weighted by molar-refractivity contribution is 0.0697. The summed E-state index contributed by atoms with van der Waals surface area (Å²) in [4.78, 5) is 14.3. The highest BCUT2D eigenvalue weighted by Gasteiger charge is 2.15. The molecule has 8 heteroatoms. The van der Waals surface area contributed by atoms with Crippen LogP contribution in [-0.2, 0) is 13.6 Å². The van der Waals surface area contributed by atoms with E-state index >= 15 is 0 Å². The van der Waals surface area contributed by atoms with E-state index in [1.54, 1.807) is 31.1 Å². The van der Waals surface area contributed by atoms with E-state index in [1.807, 2.05) is 0 Å². The molecule has 0 spiro atoms. The van der Waals surface area contributed by atoms with Crippen molar-refractivity contribution in [3.05, 3.63) is 29.6 Å². The number of anilines is 2. The maximum Gasteiger partial charge on any atom is 0.337 e. The second-order valence-corrected chi connectivity index (χ2v) is 4.13. The Bertz CT molecular complexity index is 609. The normalized spacial score (nSPS) is 10.4. The molecule has 0 aliphatic heterocycles. The fourth-order valence-electron chi connectivity index (χ4n) is 1.74. The summed E-state index contributed by atoms with van der Waals surface area (Å²) in [6.45, 7) is 0.359. The number of aromatic carboxylic acids is 1. The standard InChI is InChI=1S/C11H14N6O2/c1-16(6-10-13-15-17(2)14-10)9-4-3-7(12)5-8(9)11(18)19/h3-5H,6,12H2,1-2H3,(H,18,19). The summed E-state index contributed by atoms with van der Waals surface area (Å²) >= 11 is 0. The van der Waals surface area contributed by atoms with Gasteiger partial charge in [-0.3, -0.25) is 0 Å². The number of nitrogen functional groups attached to an aromatic ring is 1. The molecule has 0 aliphatic rings. The van der Waals surface area contributed by atoms with Gasteiger partial charge in [0.05, 0.1) is 24.8 Å². The highest BCUT2D eigenvalue weighted by Crippen LogP contribution is 2.23. The van der Waals surface area contributed by atoms with Crippen molar-refractivity contribution < 1.29 is 9.90 Å². The van der Waals surface area contributed by atoms with Gasteiger partial charge in [-0.1, -0.05) is 0 Å². The van der Waals surface area contributed by atoms with E-state index in [1.165, 1.54) is 10.9 Å². The minimum Gasteiger partial charge on any atom is -0.478 e. The molecule has 0 amide bonds. The van der Waals surface area contributed by atoms with Crippen LogP contribution in [0.3, 0.4) is 0 Å². The zero-order valence-electron chi connectivity index (χ0n) is 10.6. The van der Waals surface area contributed by atoms with E-state index in [2.05, 4.69) is 15.4 Å². The number of rotatable bonds is 4. The molecule has 3 N–H and O–H groups in total. The van der Waals surface area contributed by atoms with E-state index in [4.69, 9.17) is 5.73 Å². The van der Waals surface area contributed by atoms with Gasteiger partial charge in [-0.05, 0) is 23.4 Å². The number of benzene rings is 1. The van der Waals surface area contributed by atoms with Crippen molar-refractivity contribution in [1.29, 1.82) is 0 Å². The Balaban J connectivity index is 2.28. The first-order chi connectivity index (χ1) is 8.97. The van der Waals surface area contributed by atoms with Crippen LogP contribution in [0, 0.1) is 0 Å². The lowest BCUT2D eigenvalue weighted by Crippen LogP contribution is -2.20. The molecule has 0 saturated heterocycles. The topological polar surface area (TPSA) is 110 Å². The highest BCUT2D eigenvalue weighted by molar-refractivity contribution is 5.95. The predicted octanol–water partition coefficient (Wildman–Crippen LogP) is 0.127. The SMILES string of the molecule is CN(Cc1nnn(C)n1)c1ccc(N)cc1C(=O)O. The minimum atomic E-state index is -1.03. The molecular weight excluding hydrogens is 248 g/mol. The number of carboxylic acid groups (broad SMARTS) is 1. The Hall–Kier alpha value is -2.64. The fourth-order valence-corrected chi connectivity index (χ4v) is 1.74. The summed E-state index contributed by atoms with van der Waals surface area (Å²) < 4.78 is 0. The van der Waals surface area contributed by atoms with Gasteiger partial charge in [0.1, 0.15) is 0 Å². The number of tetrazole rings is 1. The maximum absolute atomic E-state index is 11.2. The molecule has 8 nitrogen and oxygen atoms in total. The average Bonchev–Trinajstić information content (AvgIpc) is 2.74. The first kappa shape index (κ1) is 12.8. The molecule has 0 radical (unpaired) electrons. The van der Waals surface area contributed by atoms with Gasteiger partial charge in [0, 0.05) is 12.7 Å². The van der Waals surface area contributed by atoms with Gasteiger partial charge < -0.3 is 15.7 Å². The molecule has 0 atom stereocenters. The van der Waals surface area contributed by atoms with Crippen molar-refractivity contribution in [3.8, 4) is 0 Å². The van der Waals surface area contributed by atoms with Crippen LogP contribution in [0.5, 0.6) is 0 Å². The summed E-state index contributed by atoms with van der Waals surface area (Å²) in [5.74, 6) is -0.514. The Kier molecular flexibility index (Phi) is 3.32. The van der Waals surface area contributed by atoms with E-state index < -0.39 is 5.97 Å². The second kappa shape index (κ2) is 4.92. The van der Waals surface area contributed by atoms with Gasteiger partial charge in [0.15, 0.2) is 5.82 Å². The molecule has 2 rings (SSSR count). The van der Waals surface area contributed by atoms with Crippen LogP contribution in [0.25, 0.3) is 0 Å². The van der Waals surface area contributed by atoms with Crippen molar-refractivity contribution in [3.63, 3.8) is 0 Å². The summed E-state index contributed by atoms with van der Waals surface area (Å²) in [6.07, 6.45) is 0. The smallest absolute Gasteiger partial charge is 0.337 e. The van der Waals surface area contributed by atoms with Gasteiger partial charge in [-0.15, -0.1) is 10.2 Å². The molecule has 2 aromatic rings. The molecule has 1 aromatic heterocycles. The Morgan fingerprint density at radius 3 is 2.84 bits per heavy atom. The summed E-state index contributed by atoms with van der Waals surface area (Å²) in [7, 11) is 3.43. The Labute approximate surface area is 109 Å². The van der Waals surface area contributed by atoms with E-state index in [9.17, 15) is 9.90 Å². The lowest BCUT2D eigenvalue weighted by atomic mass is 10.1. The first-order valence-corrected chi connectivity index (χ1v) is 5.54. The molecule has 19 heavy (non-hydrogen) atoms. The highest BCUT2D eigenvalue weighted by atomic mass is 16.4. The number of aromatic nitrogens is 4. The van der Waals surface area contributed by atoms with Crippen molar-refractivity contribution in [1.82, 2.24) is 20.2 Å². The number of hydrogen-bond donors (Lipinski definition) is 2. The van der Waals surface area contributed by atoms with Gasteiger partial charge in [-0.25, -0.2) is 4.79 Å². The lowest BCUT2D eigenvalue weighted by Gasteiger charge is -2.19. The molecule has 0 unspecified atom stereocenters. The van der Waals surface area contributed by atoms with Crippen molar-refractivity contribution >= 4 is 17.3 Å². The monoisotopic (exact) mass is 262 g/mol. The molecule has 0 saturated carbocycles. The van der Waals surface area contributed by atoms with Crippen LogP contribution < -0.4 is 10.6 Å². The average molecular weight is 262 g/mol. The van der Waals surface area contributed by atoms with Crippen molar-refractivity contribution in [2.75, 3.05) is 17.7 Å². The van der Waals surface area contributed by atoms with Crippen molar-refractivity contribution in [2.45, 2.75) is 6.54 Å². The number of aryl methyl sites for hydroxylation is 1. The third kappa shape index (κ3) is 2.79. The molecule has 0 aliphatic carbocycles. The summed E-state index contributed by atoms with van der Waals surface area (Å²) in [6, 6.07) is 4.75. The molecular formula is C11H14N6O2. The number of hydrogen-bond acceptors (Lipinski definition) is 6. The summed E-state index contributed by atoms with van der Waals surface area (Å²) in [5, 5.41) is 20.8. The fraction of sp³-hybridized carbons (Fsp3) is 0.273. The van der Waals surface area contributed by atoms with E-state index in [-0.39, 0.29) is 5.56 Å². The Morgan fingerprint density at radius 1 is 1.53 bits per heavy atom. The van der Waals surface area contributed by atoms with Gasteiger partial charge in [-0.2, -0.15) is 4.80 Å². The quantitative estimate of drug-likeness (QED) is 0.753.